The van der Waals surface area contributed by atoms with Crippen LogP contribution < -0.4 is 0 Å². The van der Waals surface area contributed by atoms with Crippen LogP contribution in [-0.4, -0.2) is 57.1 Å². The minimum atomic E-state index is -0.617. The van der Waals surface area contributed by atoms with E-state index in [-0.39, 0.29) is 75.0 Å². The summed E-state index contributed by atoms with van der Waals surface area (Å²) in [6.07, 6.45) is 19.1. The van der Waals surface area contributed by atoms with Crippen molar-refractivity contribution in [2.45, 2.75) is 205 Å². The zero-order valence-electron chi connectivity index (χ0n) is 44.5. The third kappa shape index (κ3) is 6.21. The van der Waals surface area contributed by atoms with Crippen LogP contribution in [0.1, 0.15) is 205 Å². The minimum absolute atomic E-state index is 0.0330. The molecule has 0 aliphatic heterocycles. The number of aliphatic hydroxyl groups excluding tert-OH is 2. The standard InChI is InChI=1S/C30H48O4.C30H46O4/c2*1-18(2)19-9-14-30(25(33)34)16-15-28(5)20(24(19)30)7-8-22-26(3)12-11-23(32)27(4,17-31)21(26)10-13-29(22,28)6/h18-22,24,31H,7-17H2,1-6H3,(H,33,34);19-22,24,31H,1,7-17H2,2-6H3,(H,33,34). The predicted octanol–water partition coefficient (Wildman–Crippen LogP) is 12.6. The van der Waals surface area contributed by atoms with Crippen LogP contribution in [0.4, 0.5) is 0 Å². The molecule has 0 saturated heterocycles. The van der Waals surface area contributed by atoms with Crippen molar-refractivity contribution in [2.24, 2.45) is 119 Å². The number of fused-ring (bicyclic) bond motifs is 14. The molecule has 20 unspecified atom stereocenters. The monoisotopic (exact) mass is 943 g/mol. The van der Waals surface area contributed by atoms with E-state index < -0.39 is 33.6 Å². The number of aliphatic hydroxyl groups is 2. The molecule has 10 aliphatic rings. The quantitative estimate of drug-likeness (QED) is 0.192. The average molecular weight is 943 g/mol. The number of ketones is 2. The van der Waals surface area contributed by atoms with Crippen LogP contribution >= 0.6 is 0 Å². The first-order chi connectivity index (χ1) is 31.6. The van der Waals surface area contributed by atoms with E-state index in [0.717, 1.165) is 116 Å². The van der Waals surface area contributed by atoms with Crippen LogP contribution in [-0.2, 0) is 19.2 Å². The molecule has 10 aliphatic carbocycles. The molecule has 0 aromatic rings. The van der Waals surface area contributed by atoms with E-state index in [1.54, 1.807) is 0 Å². The first-order valence-electron chi connectivity index (χ1n) is 28.0. The molecule has 0 aromatic carbocycles. The molecule has 382 valence electrons. The summed E-state index contributed by atoms with van der Waals surface area (Å²) >= 11 is 0. The topological polar surface area (TPSA) is 149 Å². The molecule has 0 radical (unpaired) electrons. The smallest absolute Gasteiger partial charge is 0.309 e. The van der Waals surface area contributed by atoms with Crippen LogP contribution in [0, 0.1) is 119 Å². The summed E-state index contributed by atoms with van der Waals surface area (Å²) in [5, 5.41) is 41.7. The first kappa shape index (κ1) is 50.9. The largest absolute Gasteiger partial charge is 0.481 e. The molecular formula is C60H94O8. The maximum Gasteiger partial charge on any atom is 0.309 e. The van der Waals surface area contributed by atoms with E-state index in [4.69, 9.17) is 0 Å². The van der Waals surface area contributed by atoms with Gasteiger partial charge in [-0.15, -0.1) is 0 Å². The molecule has 20 atom stereocenters. The summed E-state index contributed by atoms with van der Waals surface area (Å²) in [6.45, 7) is 30.0. The van der Waals surface area contributed by atoms with Gasteiger partial charge in [-0.1, -0.05) is 81.4 Å². The van der Waals surface area contributed by atoms with E-state index >= 15 is 0 Å². The van der Waals surface area contributed by atoms with Gasteiger partial charge in [0.15, 0.2) is 0 Å². The second-order valence-corrected chi connectivity index (χ2v) is 28.7. The Morgan fingerprint density at radius 3 is 1.34 bits per heavy atom. The van der Waals surface area contributed by atoms with Crippen molar-refractivity contribution in [3.05, 3.63) is 12.2 Å². The zero-order valence-corrected chi connectivity index (χ0v) is 44.5. The van der Waals surface area contributed by atoms with Crippen molar-refractivity contribution < 1.29 is 39.6 Å². The van der Waals surface area contributed by atoms with Gasteiger partial charge in [0.2, 0.25) is 0 Å². The third-order valence-electron chi connectivity index (χ3n) is 27.0. The van der Waals surface area contributed by atoms with Gasteiger partial charge in [-0.2, -0.15) is 0 Å². The molecule has 0 heterocycles. The lowest BCUT2D eigenvalue weighted by atomic mass is 9.32. The minimum Gasteiger partial charge on any atom is -0.481 e. The molecule has 4 N–H and O–H groups in total. The zero-order chi connectivity index (χ0) is 49.8. The molecule has 0 amide bonds. The number of carboxylic acids is 2. The lowest BCUT2D eigenvalue weighted by Crippen LogP contribution is -2.67. The second kappa shape index (κ2) is 16.2. The van der Waals surface area contributed by atoms with Crippen LogP contribution in [0.25, 0.3) is 0 Å². The van der Waals surface area contributed by atoms with Gasteiger partial charge in [0, 0.05) is 12.8 Å². The molecule has 10 rings (SSSR count). The van der Waals surface area contributed by atoms with Crippen molar-refractivity contribution in [1.29, 1.82) is 0 Å². The Balaban J connectivity index is 0.000000170. The summed E-state index contributed by atoms with van der Waals surface area (Å²) in [6, 6.07) is 0. The Morgan fingerprint density at radius 1 is 0.529 bits per heavy atom. The lowest BCUT2D eigenvalue weighted by molar-refractivity contribution is -0.240. The number of hydrogen-bond donors (Lipinski definition) is 4. The van der Waals surface area contributed by atoms with Gasteiger partial charge in [-0.05, 0) is 220 Å². The van der Waals surface area contributed by atoms with Crippen LogP contribution in [0.2, 0.25) is 0 Å². The number of rotatable bonds is 6. The van der Waals surface area contributed by atoms with E-state index in [1.165, 1.54) is 5.57 Å². The van der Waals surface area contributed by atoms with E-state index in [1.807, 2.05) is 13.8 Å². The summed E-state index contributed by atoms with van der Waals surface area (Å²) in [5.41, 5.74) is -0.496. The van der Waals surface area contributed by atoms with Gasteiger partial charge >= 0.3 is 11.9 Å². The summed E-state index contributed by atoms with van der Waals surface area (Å²) < 4.78 is 0. The van der Waals surface area contributed by atoms with E-state index in [9.17, 15) is 39.6 Å². The highest BCUT2D eigenvalue weighted by atomic mass is 16.4. The molecule has 10 fully saturated rings. The fourth-order valence-corrected chi connectivity index (χ4v) is 22.9. The number of carbonyl (C=O) groups is 4. The maximum atomic E-state index is 13.0. The van der Waals surface area contributed by atoms with Gasteiger partial charge in [-0.3, -0.25) is 19.2 Å². The second-order valence-electron chi connectivity index (χ2n) is 28.7. The number of carbonyl (C=O) groups excluding carboxylic acids is 2. The van der Waals surface area contributed by atoms with Gasteiger partial charge in [0.05, 0.1) is 34.9 Å². The molecule has 0 aromatic heterocycles. The SMILES string of the molecule is C=C(C)C1CCC2(C(=O)O)CCC3(C)C(CCC4C5(C)CCC(=O)C(C)(CO)C5CCC43C)C12.CC(C)C1CCC2(C(=O)O)CCC3(C)C(CCC4C5(C)CCC(=O)C(C)(CO)C5CCC43C)C12. The highest BCUT2D eigenvalue weighted by Gasteiger charge is 2.74. The molecular weight excluding hydrogens is 849 g/mol. The molecule has 8 heteroatoms. The van der Waals surface area contributed by atoms with Crippen LogP contribution in [0.3, 0.4) is 0 Å². The van der Waals surface area contributed by atoms with Crippen molar-refractivity contribution >= 4 is 23.5 Å². The number of hydrogen-bond acceptors (Lipinski definition) is 6. The number of allylic oxidation sites excluding steroid dienone is 1. The first-order valence-corrected chi connectivity index (χ1v) is 28.0. The Hall–Kier alpha value is -2.06. The Labute approximate surface area is 410 Å². The number of Topliss-reactive ketones (excluding diaryl/α,β-unsaturated/α-hetero) is 2. The van der Waals surface area contributed by atoms with Crippen LogP contribution in [0.15, 0.2) is 12.2 Å². The van der Waals surface area contributed by atoms with Gasteiger partial charge in [-0.25, -0.2) is 0 Å². The molecule has 8 nitrogen and oxygen atoms in total. The molecule has 0 bridgehead atoms. The highest BCUT2D eigenvalue weighted by molar-refractivity contribution is 5.86. The summed E-state index contributed by atoms with van der Waals surface area (Å²) in [4.78, 5) is 51.5. The fraction of sp³-hybridized carbons (Fsp3) is 0.900. The summed E-state index contributed by atoms with van der Waals surface area (Å²) in [5.74, 6) is 3.68. The average Bonchev–Trinajstić information content (AvgIpc) is 3.89. The third-order valence-corrected chi connectivity index (χ3v) is 27.0. The fourth-order valence-electron chi connectivity index (χ4n) is 22.9. The Kier molecular flexibility index (Phi) is 12.1. The lowest BCUT2D eigenvalue weighted by Gasteiger charge is -2.72. The Bertz CT molecular complexity index is 2100. The number of aliphatic carboxylic acids is 2. The number of carboxylic acid groups (broad SMARTS) is 2. The van der Waals surface area contributed by atoms with Crippen molar-refractivity contribution in [3.63, 3.8) is 0 Å². The molecule has 0 spiro atoms. The predicted molar refractivity (Wildman–Crippen MR) is 266 cm³/mol. The van der Waals surface area contributed by atoms with Gasteiger partial charge in [0.1, 0.15) is 11.6 Å². The molecule has 68 heavy (non-hydrogen) atoms. The van der Waals surface area contributed by atoms with Crippen molar-refractivity contribution in [2.75, 3.05) is 13.2 Å². The van der Waals surface area contributed by atoms with Crippen LogP contribution in [0.5, 0.6) is 0 Å². The normalized spacial score (nSPS) is 54.6. The van der Waals surface area contributed by atoms with Crippen molar-refractivity contribution in [1.82, 2.24) is 0 Å². The Morgan fingerprint density at radius 2 is 0.941 bits per heavy atom. The summed E-state index contributed by atoms with van der Waals surface area (Å²) in [7, 11) is 0. The molecule has 10 saturated carbocycles. The van der Waals surface area contributed by atoms with E-state index in [0.29, 0.717) is 60.2 Å². The maximum absolute atomic E-state index is 13.0. The van der Waals surface area contributed by atoms with Gasteiger partial charge in [0.25, 0.3) is 0 Å². The van der Waals surface area contributed by atoms with E-state index in [2.05, 4.69) is 68.9 Å². The highest BCUT2D eigenvalue weighted by Crippen LogP contribution is 2.79. The van der Waals surface area contributed by atoms with Crippen molar-refractivity contribution in [3.8, 4) is 0 Å². The van der Waals surface area contributed by atoms with Gasteiger partial charge < -0.3 is 20.4 Å².